The minimum atomic E-state index is -0.934. The maximum atomic E-state index is 13.3. The van der Waals surface area contributed by atoms with E-state index in [-0.39, 0.29) is 17.5 Å². The van der Waals surface area contributed by atoms with Gasteiger partial charge in [-0.25, -0.2) is 9.18 Å². The number of benzene rings is 2. The number of carboxylic acid groups (broad SMARTS) is 1. The molecule has 6 heteroatoms. The van der Waals surface area contributed by atoms with Crippen LogP contribution in [0.2, 0.25) is 0 Å². The van der Waals surface area contributed by atoms with Gasteiger partial charge in [0.25, 0.3) is 0 Å². The van der Waals surface area contributed by atoms with Crippen LogP contribution in [0, 0.1) is 5.82 Å². The number of rotatable bonds is 7. The van der Waals surface area contributed by atoms with E-state index in [4.69, 9.17) is 9.84 Å². The molecular weight excluding hydrogens is 395 g/mol. The van der Waals surface area contributed by atoms with E-state index in [9.17, 15) is 9.18 Å². The number of aromatic carboxylic acids is 1. The number of halogens is 1. The van der Waals surface area contributed by atoms with E-state index in [0.717, 1.165) is 48.3 Å². The predicted octanol–water partition coefficient (Wildman–Crippen LogP) is 4.77. The number of likely N-dealkylation sites (tertiary alicyclic amines) is 1. The summed E-state index contributed by atoms with van der Waals surface area (Å²) >= 11 is 0. The summed E-state index contributed by atoms with van der Waals surface area (Å²) in [6, 6.07) is 17.7. The lowest BCUT2D eigenvalue weighted by Gasteiger charge is -2.31. The minimum Gasteiger partial charge on any atom is -0.478 e. The molecule has 0 bridgehead atoms. The molecule has 3 aromatic rings. The molecule has 1 aliphatic rings. The molecule has 1 saturated heterocycles. The van der Waals surface area contributed by atoms with E-state index >= 15 is 0 Å². The van der Waals surface area contributed by atoms with Crippen molar-refractivity contribution in [2.45, 2.75) is 32.1 Å². The van der Waals surface area contributed by atoms with Crippen molar-refractivity contribution in [3.05, 3.63) is 89.5 Å². The van der Waals surface area contributed by atoms with Gasteiger partial charge in [0.2, 0.25) is 0 Å². The van der Waals surface area contributed by atoms with Crippen molar-refractivity contribution in [2.24, 2.45) is 0 Å². The number of aromatic nitrogens is 1. The summed E-state index contributed by atoms with van der Waals surface area (Å²) in [6.07, 6.45) is 3.55. The van der Waals surface area contributed by atoms with Crippen LogP contribution < -0.4 is 0 Å². The van der Waals surface area contributed by atoms with Crippen LogP contribution in [0.4, 0.5) is 4.39 Å². The molecule has 0 saturated carbocycles. The second kappa shape index (κ2) is 9.81. The number of pyridine rings is 1. The maximum absolute atomic E-state index is 13.3. The zero-order valence-electron chi connectivity index (χ0n) is 17.2. The number of hydrogen-bond acceptors (Lipinski definition) is 4. The standard InChI is InChI=1S/C25H25FN2O3/c26-21-7-5-18(6-8-21)24-4-2-1-3-20(24)17-31-23-10-13-28(14-11-23)16-22-15-19(25(29)30)9-12-27-22/h1-9,12,15,23H,10-11,13-14,16-17H2,(H,29,30). The first-order valence-corrected chi connectivity index (χ1v) is 10.4. The third-order valence-electron chi connectivity index (χ3n) is 5.63. The zero-order chi connectivity index (χ0) is 21.6. The van der Waals surface area contributed by atoms with Crippen LogP contribution in [0.15, 0.2) is 66.9 Å². The van der Waals surface area contributed by atoms with Crippen LogP contribution in [-0.2, 0) is 17.9 Å². The highest BCUT2D eigenvalue weighted by atomic mass is 19.1. The predicted molar refractivity (Wildman–Crippen MR) is 116 cm³/mol. The Morgan fingerprint density at radius 1 is 1.10 bits per heavy atom. The third kappa shape index (κ3) is 5.54. The number of carbonyl (C=O) groups is 1. The number of nitrogens with zero attached hydrogens (tertiary/aromatic N) is 2. The number of hydrogen-bond donors (Lipinski definition) is 1. The SMILES string of the molecule is O=C(O)c1ccnc(CN2CCC(OCc3ccccc3-c3ccc(F)cc3)CC2)c1. The van der Waals surface area contributed by atoms with Crippen LogP contribution in [0.1, 0.15) is 34.5 Å². The Balaban J connectivity index is 1.31. The van der Waals surface area contributed by atoms with E-state index < -0.39 is 5.97 Å². The van der Waals surface area contributed by atoms with E-state index in [0.29, 0.717) is 13.2 Å². The van der Waals surface area contributed by atoms with Crippen molar-refractivity contribution in [3.8, 4) is 11.1 Å². The average molecular weight is 420 g/mol. The summed E-state index contributed by atoms with van der Waals surface area (Å²) in [7, 11) is 0. The fraction of sp³-hybridized carbons (Fsp3) is 0.280. The van der Waals surface area contributed by atoms with Crippen molar-refractivity contribution < 1.29 is 19.0 Å². The fourth-order valence-electron chi connectivity index (χ4n) is 3.93. The highest BCUT2D eigenvalue weighted by Gasteiger charge is 2.21. The van der Waals surface area contributed by atoms with Crippen LogP contribution in [0.5, 0.6) is 0 Å². The quantitative estimate of drug-likeness (QED) is 0.597. The monoisotopic (exact) mass is 420 g/mol. The lowest BCUT2D eigenvalue weighted by Crippen LogP contribution is -2.36. The maximum Gasteiger partial charge on any atom is 0.335 e. The highest BCUT2D eigenvalue weighted by Crippen LogP contribution is 2.26. The molecular formula is C25H25FN2O3. The fourth-order valence-corrected chi connectivity index (χ4v) is 3.93. The van der Waals surface area contributed by atoms with Gasteiger partial charge in [0.05, 0.1) is 24.0 Å². The van der Waals surface area contributed by atoms with E-state index in [1.54, 1.807) is 24.4 Å². The Bertz CT molecular complexity index is 1030. The first-order valence-electron chi connectivity index (χ1n) is 10.4. The van der Waals surface area contributed by atoms with Gasteiger partial charge in [0, 0.05) is 25.8 Å². The highest BCUT2D eigenvalue weighted by molar-refractivity contribution is 5.87. The first kappa shape index (κ1) is 21.2. The molecule has 1 fully saturated rings. The van der Waals surface area contributed by atoms with Crippen LogP contribution >= 0.6 is 0 Å². The molecule has 0 radical (unpaired) electrons. The van der Waals surface area contributed by atoms with E-state index in [1.807, 2.05) is 18.2 Å². The summed E-state index contributed by atoms with van der Waals surface area (Å²) in [5.74, 6) is -1.18. The molecule has 0 atom stereocenters. The topological polar surface area (TPSA) is 62.7 Å². The molecule has 4 rings (SSSR count). The second-order valence-corrected chi connectivity index (χ2v) is 7.79. The van der Waals surface area contributed by atoms with Gasteiger partial charge in [-0.3, -0.25) is 9.88 Å². The van der Waals surface area contributed by atoms with Gasteiger partial charge in [-0.05, 0) is 53.8 Å². The smallest absolute Gasteiger partial charge is 0.335 e. The summed E-state index contributed by atoms with van der Waals surface area (Å²) in [6.45, 7) is 2.91. The van der Waals surface area contributed by atoms with Crippen LogP contribution in [0.25, 0.3) is 11.1 Å². The largest absolute Gasteiger partial charge is 0.478 e. The molecule has 160 valence electrons. The Morgan fingerprint density at radius 2 is 1.84 bits per heavy atom. The zero-order valence-corrected chi connectivity index (χ0v) is 17.2. The van der Waals surface area contributed by atoms with Crippen molar-refractivity contribution in [2.75, 3.05) is 13.1 Å². The summed E-state index contributed by atoms with van der Waals surface area (Å²) in [4.78, 5) is 17.7. The van der Waals surface area contributed by atoms with Gasteiger partial charge >= 0.3 is 5.97 Å². The molecule has 0 amide bonds. The third-order valence-corrected chi connectivity index (χ3v) is 5.63. The van der Waals surface area contributed by atoms with Gasteiger partial charge < -0.3 is 9.84 Å². The Kier molecular flexibility index (Phi) is 6.70. The Labute approximate surface area is 181 Å². The van der Waals surface area contributed by atoms with E-state index in [1.165, 1.54) is 18.2 Å². The van der Waals surface area contributed by atoms with E-state index in [2.05, 4.69) is 16.0 Å². The second-order valence-electron chi connectivity index (χ2n) is 7.79. The summed E-state index contributed by atoms with van der Waals surface area (Å²) in [5.41, 5.74) is 4.16. The molecule has 1 aliphatic heterocycles. The molecule has 0 aliphatic carbocycles. The summed E-state index contributed by atoms with van der Waals surface area (Å²) < 4.78 is 19.5. The molecule has 1 N–H and O–H groups in total. The number of piperidine rings is 1. The van der Waals surface area contributed by atoms with Gasteiger partial charge in [-0.2, -0.15) is 0 Å². The van der Waals surface area contributed by atoms with Crippen molar-refractivity contribution >= 4 is 5.97 Å². The normalized spacial score (nSPS) is 15.1. The minimum absolute atomic E-state index is 0.177. The average Bonchev–Trinajstić information content (AvgIpc) is 2.80. The van der Waals surface area contributed by atoms with Gasteiger partial charge in [0.15, 0.2) is 0 Å². The Hall–Kier alpha value is -3.09. The molecule has 0 spiro atoms. The van der Waals surface area contributed by atoms with Crippen LogP contribution in [0.3, 0.4) is 0 Å². The molecule has 0 unspecified atom stereocenters. The molecule has 5 nitrogen and oxygen atoms in total. The van der Waals surface area contributed by atoms with Crippen LogP contribution in [-0.4, -0.2) is 40.2 Å². The summed E-state index contributed by atoms with van der Waals surface area (Å²) in [5, 5.41) is 9.13. The molecule has 1 aromatic heterocycles. The molecule has 2 aromatic carbocycles. The van der Waals surface area contributed by atoms with Gasteiger partial charge in [-0.15, -0.1) is 0 Å². The van der Waals surface area contributed by atoms with Gasteiger partial charge in [-0.1, -0.05) is 36.4 Å². The van der Waals surface area contributed by atoms with Crippen molar-refractivity contribution in [1.29, 1.82) is 0 Å². The van der Waals surface area contributed by atoms with Crippen molar-refractivity contribution in [3.63, 3.8) is 0 Å². The van der Waals surface area contributed by atoms with Crippen molar-refractivity contribution in [1.82, 2.24) is 9.88 Å². The lowest BCUT2D eigenvalue weighted by atomic mass is 10.00. The number of ether oxygens (including phenoxy) is 1. The Morgan fingerprint density at radius 3 is 2.58 bits per heavy atom. The molecule has 31 heavy (non-hydrogen) atoms. The lowest BCUT2D eigenvalue weighted by molar-refractivity contribution is -0.00397. The molecule has 2 heterocycles. The first-order chi connectivity index (χ1) is 15.1. The number of carboxylic acids is 1. The van der Waals surface area contributed by atoms with Gasteiger partial charge in [0.1, 0.15) is 5.82 Å².